The van der Waals surface area contributed by atoms with E-state index in [9.17, 15) is 14.3 Å². The molecule has 3 nitrogen and oxygen atoms in total. The number of halogens is 2. The maximum absolute atomic E-state index is 12.9. The van der Waals surface area contributed by atoms with E-state index in [1.807, 2.05) is 6.92 Å². The van der Waals surface area contributed by atoms with Gasteiger partial charge in [0.15, 0.2) is 0 Å². The second-order valence-corrected chi connectivity index (χ2v) is 3.70. The summed E-state index contributed by atoms with van der Waals surface area (Å²) in [4.78, 5) is 11.6. The van der Waals surface area contributed by atoms with Crippen LogP contribution in [0.5, 0.6) is 5.75 Å². The van der Waals surface area contributed by atoms with E-state index in [-0.39, 0.29) is 23.2 Å². The number of phenolic OH excluding ortho intramolecular Hbond substituents is 1. The first-order valence-electron chi connectivity index (χ1n) is 4.93. The van der Waals surface area contributed by atoms with Gasteiger partial charge in [-0.1, -0.05) is 6.92 Å². The number of carbonyl (C=O) groups excluding carboxylic acids is 1. The smallest absolute Gasteiger partial charge is 0.255 e. The van der Waals surface area contributed by atoms with Crippen molar-refractivity contribution < 1.29 is 14.3 Å². The van der Waals surface area contributed by atoms with Gasteiger partial charge in [0, 0.05) is 11.9 Å². The first-order chi connectivity index (χ1) is 7.58. The Morgan fingerprint density at radius 1 is 1.62 bits per heavy atom. The molecule has 0 aliphatic rings. The summed E-state index contributed by atoms with van der Waals surface area (Å²) in [5, 5.41) is 12.0. The van der Waals surface area contributed by atoms with Gasteiger partial charge in [0.2, 0.25) is 0 Å². The number of aromatic hydroxyl groups is 1. The molecule has 88 valence electrons. The highest BCUT2D eigenvalue weighted by molar-refractivity contribution is 6.18. The maximum Gasteiger partial charge on any atom is 0.255 e. The molecule has 0 fully saturated rings. The zero-order valence-corrected chi connectivity index (χ0v) is 9.59. The van der Waals surface area contributed by atoms with Crippen molar-refractivity contribution in [1.82, 2.24) is 5.32 Å². The fraction of sp³-hybridized carbons (Fsp3) is 0.364. The van der Waals surface area contributed by atoms with Crippen LogP contribution in [0.25, 0.3) is 0 Å². The Morgan fingerprint density at radius 3 is 2.88 bits per heavy atom. The van der Waals surface area contributed by atoms with Gasteiger partial charge in [-0.15, -0.1) is 11.6 Å². The van der Waals surface area contributed by atoms with Crippen LogP contribution in [0.15, 0.2) is 18.2 Å². The molecule has 0 radical (unpaired) electrons. The SMILES string of the molecule is CCC(CCl)NC(=O)c1cc(F)ccc1O. The summed E-state index contributed by atoms with van der Waals surface area (Å²) in [6.07, 6.45) is 0.672. The Kier molecular flexibility index (Phi) is 4.55. The Balaban J connectivity index is 2.83. The van der Waals surface area contributed by atoms with Crippen LogP contribution in [0.2, 0.25) is 0 Å². The van der Waals surface area contributed by atoms with Crippen LogP contribution in [0.3, 0.4) is 0 Å². The number of amides is 1. The second-order valence-electron chi connectivity index (χ2n) is 3.39. The lowest BCUT2D eigenvalue weighted by Crippen LogP contribution is -2.35. The predicted molar refractivity (Wildman–Crippen MR) is 60.3 cm³/mol. The van der Waals surface area contributed by atoms with Gasteiger partial charge >= 0.3 is 0 Å². The van der Waals surface area contributed by atoms with Gasteiger partial charge in [0.05, 0.1) is 5.56 Å². The lowest BCUT2D eigenvalue weighted by atomic mass is 10.1. The molecule has 0 heterocycles. The fourth-order valence-corrected chi connectivity index (χ4v) is 1.50. The predicted octanol–water partition coefficient (Wildman–Crippen LogP) is 2.28. The summed E-state index contributed by atoms with van der Waals surface area (Å²) < 4.78 is 12.9. The number of hydrogen-bond donors (Lipinski definition) is 2. The van der Waals surface area contributed by atoms with E-state index in [0.29, 0.717) is 6.42 Å². The van der Waals surface area contributed by atoms with Crippen LogP contribution in [-0.2, 0) is 0 Å². The van der Waals surface area contributed by atoms with Crippen molar-refractivity contribution in [2.24, 2.45) is 0 Å². The molecule has 1 aromatic carbocycles. The summed E-state index contributed by atoms with van der Waals surface area (Å²) in [6.45, 7) is 1.87. The lowest BCUT2D eigenvalue weighted by molar-refractivity contribution is 0.0936. The third kappa shape index (κ3) is 3.10. The summed E-state index contributed by atoms with van der Waals surface area (Å²) in [7, 11) is 0. The molecule has 0 saturated heterocycles. The molecular weight excluding hydrogens is 233 g/mol. The average Bonchev–Trinajstić information content (AvgIpc) is 2.28. The van der Waals surface area contributed by atoms with Crippen LogP contribution in [0.1, 0.15) is 23.7 Å². The van der Waals surface area contributed by atoms with E-state index in [4.69, 9.17) is 11.6 Å². The molecular formula is C11H13ClFNO2. The van der Waals surface area contributed by atoms with Crippen LogP contribution < -0.4 is 5.32 Å². The van der Waals surface area contributed by atoms with E-state index in [2.05, 4.69) is 5.32 Å². The van der Waals surface area contributed by atoms with Crippen molar-refractivity contribution in [3.63, 3.8) is 0 Å². The maximum atomic E-state index is 12.9. The third-order valence-corrected chi connectivity index (χ3v) is 2.59. The number of phenols is 1. The quantitative estimate of drug-likeness (QED) is 0.800. The molecule has 0 aliphatic heterocycles. The summed E-state index contributed by atoms with van der Waals surface area (Å²) in [5.41, 5.74) is -0.0800. The van der Waals surface area contributed by atoms with Gasteiger partial charge in [-0.2, -0.15) is 0 Å². The molecule has 1 unspecified atom stereocenters. The van der Waals surface area contributed by atoms with Crippen molar-refractivity contribution in [2.75, 3.05) is 5.88 Å². The number of hydrogen-bond acceptors (Lipinski definition) is 2. The Bertz CT molecular complexity index is 380. The molecule has 0 saturated carbocycles. The first kappa shape index (κ1) is 12.8. The van der Waals surface area contributed by atoms with Crippen LogP contribution in [0.4, 0.5) is 4.39 Å². The minimum absolute atomic E-state index is 0.0800. The highest BCUT2D eigenvalue weighted by Crippen LogP contribution is 2.17. The van der Waals surface area contributed by atoms with Gasteiger partial charge in [0.25, 0.3) is 5.91 Å². The van der Waals surface area contributed by atoms with E-state index in [1.165, 1.54) is 0 Å². The normalized spacial score (nSPS) is 12.2. The van der Waals surface area contributed by atoms with E-state index in [1.54, 1.807) is 0 Å². The Hall–Kier alpha value is -1.29. The van der Waals surface area contributed by atoms with Crippen molar-refractivity contribution in [1.29, 1.82) is 0 Å². The van der Waals surface area contributed by atoms with Gasteiger partial charge < -0.3 is 10.4 Å². The number of alkyl halides is 1. The Morgan fingerprint density at radius 2 is 2.31 bits per heavy atom. The molecule has 2 N–H and O–H groups in total. The fourth-order valence-electron chi connectivity index (χ4n) is 1.20. The van der Waals surface area contributed by atoms with E-state index < -0.39 is 11.7 Å². The first-order valence-corrected chi connectivity index (χ1v) is 5.47. The van der Waals surface area contributed by atoms with Gasteiger partial charge in [-0.3, -0.25) is 4.79 Å². The van der Waals surface area contributed by atoms with Crippen LogP contribution in [0, 0.1) is 5.82 Å². The highest BCUT2D eigenvalue weighted by atomic mass is 35.5. The number of rotatable bonds is 4. The van der Waals surface area contributed by atoms with Gasteiger partial charge in [-0.25, -0.2) is 4.39 Å². The standard InChI is InChI=1S/C11H13ClFNO2/c1-2-8(6-12)14-11(16)9-5-7(13)3-4-10(9)15/h3-5,8,15H,2,6H2,1H3,(H,14,16). The number of nitrogens with one attached hydrogen (secondary N) is 1. The number of benzene rings is 1. The summed E-state index contributed by atoms with van der Waals surface area (Å²) >= 11 is 5.62. The van der Waals surface area contributed by atoms with Crippen molar-refractivity contribution in [3.8, 4) is 5.75 Å². The molecule has 0 aromatic heterocycles. The molecule has 16 heavy (non-hydrogen) atoms. The van der Waals surface area contributed by atoms with E-state index in [0.717, 1.165) is 18.2 Å². The third-order valence-electron chi connectivity index (χ3n) is 2.22. The van der Waals surface area contributed by atoms with Crippen molar-refractivity contribution in [2.45, 2.75) is 19.4 Å². The molecule has 1 rings (SSSR count). The topological polar surface area (TPSA) is 49.3 Å². The Labute approximate surface area is 98.2 Å². The molecule has 0 bridgehead atoms. The van der Waals surface area contributed by atoms with Crippen molar-refractivity contribution >= 4 is 17.5 Å². The summed E-state index contributed by atoms with van der Waals surface area (Å²) in [6, 6.07) is 3.04. The zero-order valence-electron chi connectivity index (χ0n) is 8.84. The number of carbonyl (C=O) groups is 1. The van der Waals surface area contributed by atoms with Crippen LogP contribution in [-0.4, -0.2) is 22.9 Å². The monoisotopic (exact) mass is 245 g/mol. The largest absolute Gasteiger partial charge is 0.507 e. The average molecular weight is 246 g/mol. The van der Waals surface area contributed by atoms with E-state index >= 15 is 0 Å². The van der Waals surface area contributed by atoms with Crippen molar-refractivity contribution in [3.05, 3.63) is 29.6 Å². The molecule has 1 amide bonds. The zero-order chi connectivity index (χ0) is 12.1. The second kappa shape index (κ2) is 5.70. The molecule has 0 aliphatic carbocycles. The highest BCUT2D eigenvalue weighted by Gasteiger charge is 2.15. The molecule has 1 aromatic rings. The lowest BCUT2D eigenvalue weighted by Gasteiger charge is -2.14. The molecule has 1 atom stereocenters. The van der Waals surface area contributed by atoms with Crippen LogP contribution >= 0.6 is 11.6 Å². The molecule has 5 heteroatoms. The summed E-state index contributed by atoms with van der Waals surface area (Å²) in [5.74, 6) is -1.06. The molecule has 0 spiro atoms. The van der Waals surface area contributed by atoms with Gasteiger partial charge in [0.1, 0.15) is 11.6 Å². The minimum Gasteiger partial charge on any atom is -0.507 e. The minimum atomic E-state index is -0.568. The van der Waals surface area contributed by atoms with Gasteiger partial charge in [-0.05, 0) is 24.6 Å².